The molecule has 0 atom stereocenters. The fraction of sp³-hybridized carbons (Fsp3) is 0.360. The van der Waals surface area contributed by atoms with Gasteiger partial charge in [0, 0.05) is 32.7 Å². The SMILES string of the molecule is CCCCCCCCCc1ccc(-c2c(N)c(=N)c(-c3ccc(CCCCCCCCC)cc3)c3[nH]c4c5ccc(C#N)c6c(C#N)ccc(c4nc23)c65)cc1. The molecule has 0 aliphatic rings. The van der Waals surface area contributed by atoms with Gasteiger partial charge in [0.1, 0.15) is 0 Å². The van der Waals surface area contributed by atoms with E-state index in [0.29, 0.717) is 33.3 Å². The third kappa shape index (κ3) is 7.71. The lowest BCUT2D eigenvalue weighted by Gasteiger charge is -2.16. The highest BCUT2D eigenvalue weighted by atomic mass is 14.8. The monoisotopic (exact) mass is 738 g/mol. The Labute approximate surface area is 331 Å². The van der Waals surface area contributed by atoms with E-state index in [-0.39, 0.29) is 5.36 Å². The number of hydrogen-bond donors (Lipinski definition) is 3. The molecule has 1 aromatic heterocycles. The van der Waals surface area contributed by atoms with Crippen LogP contribution in [0.2, 0.25) is 0 Å². The second kappa shape index (κ2) is 17.8. The Kier molecular flexibility index (Phi) is 12.3. The smallest absolute Gasteiger partial charge is 0.0998 e. The molecule has 0 aliphatic heterocycles. The van der Waals surface area contributed by atoms with Gasteiger partial charge in [-0.25, -0.2) is 4.98 Å². The molecule has 7 rings (SSSR count). The fourth-order valence-electron chi connectivity index (χ4n) is 8.65. The standard InChI is InChI=1S/C50H54N6/c1-3-5-7-9-11-13-15-17-33-19-23-35(24-20-33)42-45(53)46(54)43(36-25-21-34(22-26-36)18-16-14-12-10-8-6-4-2)50-49(42)55-47-39-29-27-37(31-51)41-38(32-52)28-30-40(44(39)41)48(47)56-50/h19-30,53,55H,3-18,54H2,1-2H3. The summed E-state index contributed by atoms with van der Waals surface area (Å²) in [5.41, 5.74) is 17.3. The molecule has 7 aromatic rings. The molecule has 0 saturated carbocycles. The molecule has 0 saturated heterocycles. The molecule has 0 bridgehead atoms. The third-order valence-corrected chi connectivity index (χ3v) is 11.8. The van der Waals surface area contributed by atoms with Gasteiger partial charge in [-0.15, -0.1) is 0 Å². The first-order chi connectivity index (χ1) is 27.5. The van der Waals surface area contributed by atoms with Crippen LogP contribution in [0.4, 0.5) is 5.69 Å². The van der Waals surface area contributed by atoms with Gasteiger partial charge in [-0.3, -0.25) is 5.41 Å². The average Bonchev–Trinajstić information content (AvgIpc) is 3.54. The molecule has 1 heterocycles. The summed E-state index contributed by atoms with van der Waals surface area (Å²) < 4.78 is 0. The lowest BCUT2D eigenvalue weighted by Crippen LogP contribution is -2.14. The van der Waals surface area contributed by atoms with E-state index in [9.17, 15) is 15.9 Å². The van der Waals surface area contributed by atoms with Gasteiger partial charge in [-0.2, -0.15) is 10.5 Å². The van der Waals surface area contributed by atoms with Crippen molar-refractivity contribution in [3.8, 4) is 34.4 Å². The van der Waals surface area contributed by atoms with E-state index in [1.165, 1.54) is 101 Å². The first-order valence-corrected chi connectivity index (χ1v) is 21.0. The van der Waals surface area contributed by atoms with E-state index in [1.807, 2.05) is 12.1 Å². The highest BCUT2D eigenvalue weighted by Crippen LogP contribution is 2.43. The lowest BCUT2D eigenvalue weighted by atomic mass is 9.93. The summed E-state index contributed by atoms with van der Waals surface area (Å²) in [4.78, 5) is 9.19. The van der Waals surface area contributed by atoms with Gasteiger partial charge in [0.25, 0.3) is 0 Å². The zero-order chi connectivity index (χ0) is 39.0. The number of nitrogens with one attached hydrogen (secondary N) is 2. The zero-order valence-electron chi connectivity index (χ0n) is 33.2. The number of hydrogen-bond acceptors (Lipinski definition) is 5. The van der Waals surface area contributed by atoms with Crippen molar-refractivity contribution in [2.75, 3.05) is 5.73 Å². The Morgan fingerprint density at radius 2 is 1.04 bits per heavy atom. The minimum Gasteiger partial charge on any atom is -0.396 e. The molecular weight excluding hydrogens is 685 g/mol. The van der Waals surface area contributed by atoms with Gasteiger partial charge in [0.05, 0.1) is 56.4 Å². The number of aryl methyl sites for hydroxylation is 2. The maximum absolute atomic E-state index is 10.0. The van der Waals surface area contributed by atoms with Crippen molar-refractivity contribution in [2.45, 2.75) is 117 Å². The molecule has 6 heteroatoms. The minimum atomic E-state index is 0.268. The van der Waals surface area contributed by atoms with E-state index in [2.05, 4.69) is 79.5 Å². The highest BCUT2D eigenvalue weighted by Gasteiger charge is 2.23. The van der Waals surface area contributed by atoms with Crippen LogP contribution >= 0.6 is 0 Å². The number of unbranched alkanes of at least 4 members (excludes halogenated alkanes) is 12. The number of aromatic nitrogens is 2. The lowest BCUT2D eigenvalue weighted by molar-refractivity contribution is 0.589. The molecule has 284 valence electrons. The van der Waals surface area contributed by atoms with Crippen LogP contribution in [0.25, 0.3) is 65.9 Å². The normalized spacial score (nSPS) is 11.6. The second-order valence-electron chi connectivity index (χ2n) is 15.7. The predicted molar refractivity (Wildman–Crippen MR) is 234 cm³/mol. The Morgan fingerprint density at radius 3 is 1.55 bits per heavy atom. The van der Waals surface area contributed by atoms with Crippen LogP contribution in [0.1, 0.15) is 126 Å². The summed E-state index contributed by atoms with van der Waals surface area (Å²) in [6.45, 7) is 4.52. The van der Waals surface area contributed by atoms with Crippen LogP contribution in [0.5, 0.6) is 0 Å². The number of H-pyrrole nitrogens is 1. The summed E-state index contributed by atoms with van der Waals surface area (Å²) in [7, 11) is 0. The summed E-state index contributed by atoms with van der Waals surface area (Å²) in [5, 5.41) is 33.2. The first kappa shape index (κ1) is 38.6. The number of benzene rings is 5. The highest BCUT2D eigenvalue weighted by molar-refractivity contribution is 6.30. The van der Waals surface area contributed by atoms with E-state index in [1.54, 1.807) is 12.1 Å². The molecular formula is C50H54N6. The first-order valence-electron chi connectivity index (χ1n) is 21.0. The van der Waals surface area contributed by atoms with Gasteiger partial charge < -0.3 is 10.7 Å². The Bertz CT molecular complexity index is 2580. The zero-order valence-corrected chi connectivity index (χ0v) is 33.2. The number of anilines is 1. The molecule has 56 heavy (non-hydrogen) atoms. The van der Waals surface area contributed by atoms with Gasteiger partial charge in [-0.1, -0.05) is 152 Å². The van der Waals surface area contributed by atoms with Crippen molar-refractivity contribution < 1.29 is 0 Å². The van der Waals surface area contributed by atoms with Crippen LogP contribution in [-0.4, -0.2) is 9.97 Å². The quantitative estimate of drug-likeness (QED) is 0.0598. The summed E-state index contributed by atoms with van der Waals surface area (Å²) in [6.07, 6.45) is 20.0. The predicted octanol–water partition coefficient (Wildman–Crippen LogP) is 13.2. The second-order valence-corrected chi connectivity index (χ2v) is 15.7. The average molecular weight is 739 g/mol. The Morgan fingerprint density at radius 1 is 0.554 bits per heavy atom. The molecule has 4 N–H and O–H groups in total. The van der Waals surface area contributed by atoms with Crippen LogP contribution < -0.4 is 11.1 Å². The number of fused-ring (bicyclic) bond motifs is 4. The maximum atomic E-state index is 10.0. The molecule has 0 fully saturated rings. The number of rotatable bonds is 18. The van der Waals surface area contributed by atoms with E-state index in [4.69, 9.17) is 10.7 Å². The summed E-state index contributed by atoms with van der Waals surface area (Å²) >= 11 is 0. The van der Waals surface area contributed by atoms with Crippen molar-refractivity contribution in [2.24, 2.45) is 0 Å². The van der Waals surface area contributed by atoms with Crippen LogP contribution in [0.15, 0.2) is 72.8 Å². The Balaban J connectivity index is 1.31. The van der Waals surface area contributed by atoms with Crippen molar-refractivity contribution in [1.82, 2.24) is 9.97 Å². The van der Waals surface area contributed by atoms with Gasteiger partial charge in [0.15, 0.2) is 0 Å². The van der Waals surface area contributed by atoms with Crippen molar-refractivity contribution >= 4 is 49.3 Å². The van der Waals surface area contributed by atoms with Gasteiger partial charge in [0.2, 0.25) is 0 Å². The van der Waals surface area contributed by atoms with Crippen molar-refractivity contribution in [3.63, 3.8) is 0 Å². The summed E-state index contributed by atoms with van der Waals surface area (Å²) in [5.74, 6) is 0. The van der Waals surface area contributed by atoms with Gasteiger partial charge in [-0.05, 0) is 60.1 Å². The molecule has 0 spiro atoms. The number of nitrogens with two attached hydrogens (primary N) is 1. The molecule has 6 nitrogen and oxygen atoms in total. The van der Waals surface area contributed by atoms with Gasteiger partial charge >= 0.3 is 0 Å². The van der Waals surface area contributed by atoms with Crippen LogP contribution in [0, 0.1) is 28.1 Å². The molecule has 0 unspecified atom stereocenters. The topological polar surface area (TPSA) is 126 Å². The van der Waals surface area contributed by atoms with E-state index >= 15 is 0 Å². The molecule has 0 amide bonds. The fourth-order valence-corrected chi connectivity index (χ4v) is 8.65. The van der Waals surface area contributed by atoms with Crippen molar-refractivity contribution in [1.29, 1.82) is 15.9 Å². The van der Waals surface area contributed by atoms with E-state index < -0.39 is 0 Å². The van der Waals surface area contributed by atoms with Crippen molar-refractivity contribution in [3.05, 3.63) is 100 Å². The molecule has 6 aromatic carbocycles. The van der Waals surface area contributed by atoms with Crippen LogP contribution in [-0.2, 0) is 12.8 Å². The number of nitrogen functional groups attached to an aromatic ring is 1. The molecule has 0 aliphatic carbocycles. The number of nitrogens with zero attached hydrogens (tertiary/aromatic N) is 3. The Hall–Kier alpha value is -5.72. The number of aromatic amines is 1. The third-order valence-electron chi connectivity index (χ3n) is 11.8. The maximum Gasteiger partial charge on any atom is 0.0998 e. The van der Waals surface area contributed by atoms with Crippen LogP contribution in [0.3, 0.4) is 0 Å². The summed E-state index contributed by atoms with van der Waals surface area (Å²) in [6, 6.07) is 29.3. The van der Waals surface area contributed by atoms with E-state index in [0.717, 1.165) is 62.2 Å². The minimum absolute atomic E-state index is 0.268. The number of nitriles is 2. The largest absolute Gasteiger partial charge is 0.396 e. The molecule has 0 radical (unpaired) electrons.